The molecule has 1 heterocycles. The lowest BCUT2D eigenvalue weighted by Crippen LogP contribution is -1.84. The molecule has 0 aliphatic rings. The molecule has 0 bridgehead atoms. The minimum Gasteiger partial charge on any atom is -0.345 e. The summed E-state index contributed by atoms with van der Waals surface area (Å²) in [6.45, 7) is 2.05. The number of rotatable bonds is 2. The van der Waals surface area contributed by atoms with Gasteiger partial charge in [0.15, 0.2) is 0 Å². The quantitative estimate of drug-likeness (QED) is 0.658. The average molecular weight is 135 g/mol. The second-order valence-corrected chi connectivity index (χ2v) is 2.04. The monoisotopic (exact) mass is 135 g/mol. The van der Waals surface area contributed by atoms with E-state index in [1.54, 1.807) is 6.20 Å². The van der Waals surface area contributed by atoms with Crippen LogP contribution in [0.3, 0.4) is 0 Å². The van der Waals surface area contributed by atoms with Crippen molar-refractivity contribution in [3.63, 3.8) is 0 Å². The van der Waals surface area contributed by atoms with E-state index in [1.807, 2.05) is 13.0 Å². The number of nitrogens with one attached hydrogen (secondary N) is 1. The summed E-state index contributed by atoms with van der Waals surface area (Å²) in [4.78, 5) is 7.03. The Balaban J connectivity index is 2.70. The van der Waals surface area contributed by atoms with E-state index in [9.17, 15) is 0 Å². The standard InChI is InChI=1S/C7H9N3/c1-2-6-5-9-7(10-6)3-4-8/h5H,2-3H2,1H3,(H,9,10). The Labute approximate surface area is 59.7 Å². The maximum Gasteiger partial charge on any atom is 0.120 e. The molecule has 1 aromatic rings. The van der Waals surface area contributed by atoms with Crippen LogP contribution in [-0.4, -0.2) is 9.97 Å². The summed E-state index contributed by atoms with van der Waals surface area (Å²) in [5.74, 6) is 0.763. The number of imidazole rings is 1. The molecule has 10 heavy (non-hydrogen) atoms. The van der Waals surface area contributed by atoms with Gasteiger partial charge in [0.1, 0.15) is 5.82 Å². The van der Waals surface area contributed by atoms with Gasteiger partial charge in [0, 0.05) is 11.9 Å². The molecule has 1 aromatic heterocycles. The van der Waals surface area contributed by atoms with Crippen molar-refractivity contribution >= 4 is 0 Å². The molecule has 3 heteroatoms. The van der Waals surface area contributed by atoms with Crippen molar-refractivity contribution in [2.75, 3.05) is 0 Å². The molecule has 0 fully saturated rings. The predicted octanol–water partition coefficient (Wildman–Crippen LogP) is 1.04. The zero-order valence-corrected chi connectivity index (χ0v) is 5.89. The van der Waals surface area contributed by atoms with Crippen LogP contribution in [0.2, 0.25) is 0 Å². The second-order valence-electron chi connectivity index (χ2n) is 2.04. The van der Waals surface area contributed by atoms with E-state index in [0.29, 0.717) is 6.42 Å². The summed E-state index contributed by atoms with van der Waals surface area (Å²) in [7, 11) is 0. The Morgan fingerprint density at radius 2 is 2.60 bits per heavy atom. The van der Waals surface area contributed by atoms with Crippen LogP contribution in [0.5, 0.6) is 0 Å². The summed E-state index contributed by atoms with van der Waals surface area (Å²) in [5, 5.41) is 8.29. The van der Waals surface area contributed by atoms with Gasteiger partial charge >= 0.3 is 0 Å². The van der Waals surface area contributed by atoms with Gasteiger partial charge in [-0.2, -0.15) is 5.26 Å². The molecular weight excluding hydrogens is 126 g/mol. The number of nitrogens with zero attached hydrogens (tertiary/aromatic N) is 2. The second kappa shape index (κ2) is 3.02. The summed E-state index contributed by atoms with van der Waals surface area (Å²) in [6, 6.07) is 2.03. The minimum atomic E-state index is 0.375. The Morgan fingerprint density at radius 1 is 1.80 bits per heavy atom. The van der Waals surface area contributed by atoms with E-state index in [4.69, 9.17) is 5.26 Å². The number of aromatic nitrogens is 2. The van der Waals surface area contributed by atoms with Crippen LogP contribution in [0.4, 0.5) is 0 Å². The predicted molar refractivity (Wildman–Crippen MR) is 37.3 cm³/mol. The summed E-state index contributed by atoms with van der Waals surface area (Å²) in [6.07, 6.45) is 3.09. The largest absolute Gasteiger partial charge is 0.345 e. The molecule has 1 rings (SSSR count). The number of hydrogen-bond donors (Lipinski definition) is 1. The fourth-order valence-corrected chi connectivity index (χ4v) is 0.750. The maximum atomic E-state index is 8.29. The fourth-order valence-electron chi connectivity index (χ4n) is 0.750. The van der Waals surface area contributed by atoms with Crippen molar-refractivity contribution in [3.05, 3.63) is 17.7 Å². The molecule has 52 valence electrons. The number of H-pyrrole nitrogens is 1. The van der Waals surface area contributed by atoms with Crippen LogP contribution >= 0.6 is 0 Å². The average Bonchev–Trinajstić information content (AvgIpc) is 2.37. The highest BCUT2D eigenvalue weighted by Crippen LogP contribution is 1.97. The minimum absolute atomic E-state index is 0.375. The van der Waals surface area contributed by atoms with E-state index in [0.717, 1.165) is 17.9 Å². The third-order valence-electron chi connectivity index (χ3n) is 1.31. The zero-order chi connectivity index (χ0) is 7.40. The molecule has 0 atom stereocenters. The molecule has 0 unspecified atom stereocenters. The highest BCUT2D eigenvalue weighted by molar-refractivity contribution is 5.04. The topological polar surface area (TPSA) is 52.5 Å². The van der Waals surface area contributed by atoms with E-state index in [-0.39, 0.29) is 0 Å². The van der Waals surface area contributed by atoms with Gasteiger partial charge in [-0.05, 0) is 6.42 Å². The summed E-state index contributed by atoms with van der Waals surface area (Å²) in [5.41, 5.74) is 1.09. The van der Waals surface area contributed by atoms with E-state index < -0.39 is 0 Å². The van der Waals surface area contributed by atoms with Crippen molar-refractivity contribution in [1.82, 2.24) is 9.97 Å². The van der Waals surface area contributed by atoms with Crippen LogP contribution in [0.25, 0.3) is 0 Å². The van der Waals surface area contributed by atoms with E-state index in [1.165, 1.54) is 0 Å². The molecule has 0 aliphatic carbocycles. The lowest BCUT2D eigenvalue weighted by atomic mass is 10.4. The Morgan fingerprint density at radius 3 is 3.10 bits per heavy atom. The smallest absolute Gasteiger partial charge is 0.120 e. The first-order chi connectivity index (χ1) is 4.86. The first-order valence-corrected chi connectivity index (χ1v) is 3.26. The first kappa shape index (κ1) is 6.81. The van der Waals surface area contributed by atoms with Gasteiger partial charge in [-0.1, -0.05) is 6.92 Å². The molecule has 0 saturated carbocycles. The Bertz CT molecular complexity index is 244. The number of nitriles is 1. The van der Waals surface area contributed by atoms with E-state index in [2.05, 4.69) is 9.97 Å². The lowest BCUT2D eigenvalue weighted by Gasteiger charge is -1.84. The lowest BCUT2D eigenvalue weighted by molar-refractivity contribution is 1.01. The van der Waals surface area contributed by atoms with Gasteiger partial charge in [0.2, 0.25) is 0 Å². The van der Waals surface area contributed by atoms with Crippen LogP contribution < -0.4 is 0 Å². The van der Waals surface area contributed by atoms with Crippen LogP contribution in [0.15, 0.2) is 6.20 Å². The highest BCUT2D eigenvalue weighted by atomic mass is 14.9. The summed E-state index contributed by atoms with van der Waals surface area (Å²) >= 11 is 0. The maximum absolute atomic E-state index is 8.29. The van der Waals surface area contributed by atoms with Crippen molar-refractivity contribution in [2.24, 2.45) is 0 Å². The molecule has 3 nitrogen and oxygen atoms in total. The fraction of sp³-hybridized carbons (Fsp3) is 0.429. The van der Waals surface area contributed by atoms with Crippen molar-refractivity contribution in [2.45, 2.75) is 19.8 Å². The number of aryl methyl sites for hydroxylation is 1. The molecule has 0 aliphatic heterocycles. The van der Waals surface area contributed by atoms with Gasteiger partial charge in [-0.25, -0.2) is 4.98 Å². The summed E-state index contributed by atoms with van der Waals surface area (Å²) < 4.78 is 0. The molecular formula is C7H9N3. The van der Waals surface area contributed by atoms with Gasteiger partial charge in [-0.15, -0.1) is 0 Å². The van der Waals surface area contributed by atoms with Crippen LogP contribution in [0.1, 0.15) is 18.4 Å². The van der Waals surface area contributed by atoms with Gasteiger partial charge < -0.3 is 4.98 Å². The number of hydrogen-bond acceptors (Lipinski definition) is 2. The van der Waals surface area contributed by atoms with E-state index >= 15 is 0 Å². The number of aromatic amines is 1. The van der Waals surface area contributed by atoms with Crippen LogP contribution in [0, 0.1) is 11.3 Å². The zero-order valence-electron chi connectivity index (χ0n) is 5.89. The first-order valence-electron chi connectivity index (χ1n) is 3.26. The molecule has 0 spiro atoms. The Kier molecular flexibility index (Phi) is 2.06. The molecule has 0 saturated heterocycles. The van der Waals surface area contributed by atoms with Crippen molar-refractivity contribution in [1.29, 1.82) is 5.26 Å². The third-order valence-corrected chi connectivity index (χ3v) is 1.31. The molecule has 1 N–H and O–H groups in total. The van der Waals surface area contributed by atoms with Crippen molar-refractivity contribution in [3.8, 4) is 6.07 Å². The van der Waals surface area contributed by atoms with Gasteiger partial charge in [-0.3, -0.25) is 0 Å². The third kappa shape index (κ3) is 1.35. The molecule has 0 amide bonds. The molecule has 0 radical (unpaired) electrons. The van der Waals surface area contributed by atoms with Crippen molar-refractivity contribution < 1.29 is 0 Å². The Hall–Kier alpha value is -1.30. The normalized spacial score (nSPS) is 9.20. The molecule has 0 aromatic carbocycles. The van der Waals surface area contributed by atoms with Crippen LogP contribution in [-0.2, 0) is 12.8 Å². The van der Waals surface area contributed by atoms with Gasteiger partial charge in [0.25, 0.3) is 0 Å². The van der Waals surface area contributed by atoms with Gasteiger partial charge in [0.05, 0.1) is 12.5 Å². The SMILES string of the molecule is CCc1cnc(CC#N)[nH]1. The highest BCUT2D eigenvalue weighted by Gasteiger charge is 1.95.